The van der Waals surface area contributed by atoms with E-state index in [9.17, 15) is 9.59 Å². The molecule has 1 heterocycles. The molecule has 0 aromatic heterocycles. The Labute approximate surface area is 85.8 Å². The van der Waals surface area contributed by atoms with Gasteiger partial charge < -0.3 is 9.84 Å². The second-order valence-corrected chi connectivity index (χ2v) is 3.18. The summed E-state index contributed by atoms with van der Waals surface area (Å²) in [5.41, 5.74) is 3.20. The van der Waals surface area contributed by atoms with Gasteiger partial charge in [0.1, 0.15) is 5.76 Å². The molecule has 1 unspecified atom stereocenters. The van der Waals surface area contributed by atoms with Crippen molar-refractivity contribution in [2.45, 2.75) is 12.5 Å². The number of Topliss-reactive ketones (excluding diaryl/α,β-unsaturated/α-hetero) is 1. The van der Waals surface area contributed by atoms with E-state index in [1.54, 1.807) is 24.3 Å². The molecule has 1 saturated heterocycles. The van der Waals surface area contributed by atoms with Crippen LogP contribution in [0.15, 0.2) is 41.4 Å². The van der Waals surface area contributed by atoms with Crippen molar-refractivity contribution < 1.29 is 19.4 Å². The third kappa shape index (κ3) is 1.74. The first-order valence-electron chi connectivity index (χ1n) is 4.44. The van der Waals surface area contributed by atoms with Crippen molar-refractivity contribution in [2.75, 3.05) is 0 Å². The molecule has 91 valence electrons. The van der Waals surface area contributed by atoms with Crippen LogP contribution in [0.5, 0.6) is 0 Å². The number of carboxylic acids is 1. The Bertz CT molecular complexity index is 453. The van der Waals surface area contributed by atoms with Gasteiger partial charge in [-0.05, 0) is 24.3 Å². The van der Waals surface area contributed by atoms with Gasteiger partial charge in [-0.15, -0.1) is 5.73 Å². The molecule has 0 amide bonds. The monoisotopic (exact) mass is 466 g/mol. The van der Waals surface area contributed by atoms with Crippen LogP contribution in [0.2, 0.25) is 0 Å². The van der Waals surface area contributed by atoms with Crippen molar-refractivity contribution in [1.29, 1.82) is 0 Å². The molecule has 1 aliphatic heterocycles. The Morgan fingerprint density at radius 2 is 2.12 bits per heavy atom. The minimum Gasteiger partial charge on any atom is -0.478 e. The number of aliphatic carboxylic acids is 1. The molecule has 16 heavy (non-hydrogen) atoms. The fourth-order valence-electron chi connectivity index (χ4n) is 1.43. The summed E-state index contributed by atoms with van der Waals surface area (Å²) >= 11 is 0. The van der Waals surface area contributed by atoms with Crippen molar-refractivity contribution >= 4 is 11.8 Å². The molecule has 1 N–H and O–H groups in total. The topological polar surface area (TPSA) is 63.6 Å². The van der Waals surface area contributed by atoms with Gasteiger partial charge in [0, 0.05) is 0 Å². The molecular weight excluding hydrogens is 458 g/mol. The smallest absolute Gasteiger partial charge is 0.345 e. The van der Waals surface area contributed by atoms with Gasteiger partial charge in [-0.3, -0.25) is 4.79 Å². The van der Waals surface area contributed by atoms with E-state index in [2.05, 4.69) is 5.73 Å². The van der Waals surface area contributed by atoms with Crippen LogP contribution in [0.25, 0.3) is 0 Å². The number of carboxylic acid groups (broad SMARTS) is 1. The molecule has 4 nitrogen and oxygen atoms in total. The van der Waals surface area contributed by atoms with Gasteiger partial charge in [-0.1, -0.05) is 0 Å². The Morgan fingerprint density at radius 1 is 1.44 bits per heavy atom. The van der Waals surface area contributed by atoms with E-state index in [0.717, 1.165) is 0 Å². The summed E-state index contributed by atoms with van der Waals surface area (Å²) in [4.78, 5) is 22.3. The van der Waals surface area contributed by atoms with E-state index in [4.69, 9.17) is 9.84 Å². The van der Waals surface area contributed by atoms with Gasteiger partial charge in [-0.2, -0.15) is 0 Å². The molecule has 1 aliphatic carbocycles. The second-order valence-electron chi connectivity index (χ2n) is 3.18. The van der Waals surface area contributed by atoms with E-state index in [-0.39, 0.29) is 12.2 Å². The maximum atomic E-state index is 11.6. The molecule has 0 aromatic rings. The van der Waals surface area contributed by atoms with Crippen LogP contribution in [-0.4, -0.2) is 23.0 Å². The first-order chi connectivity index (χ1) is 7.18. The average Bonchev–Trinajstić information content (AvgIpc) is 2.42. The predicted octanol–water partition coefficient (Wildman–Crippen LogP) is 0.964. The zero-order valence-corrected chi connectivity index (χ0v) is 10.2. The van der Waals surface area contributed by atoms with E-state index >= 15 is 0 Å². The summed E-state index contributed by atoms with van der Waals surface area (Å²) in [6, 6.07) is 0. The molecule has 0 bridgehead atoms. The molecule has 0 saturated carbocycles. The van der Waals surface area contributed by atoms with Crippen molar-refractivity contribution in [3.05, 3.63) is 41.4 Å². The fraction of sp³-hybridized carbons (Fsp3) is 0.182. The summed E-state index contributed by atoms with van der Waals surface area (Å²) in [5, 5.41) is 8.76. The molecule has 2 aliphatic rings. The van der Waals surface area contributed by atoms with E-state index < -0.39 is 12.1 Å². The van der Waals surface area contributed by atoms with Crippen LogP contribution in [0, 0.1) is 0 Å². The Morgan fingerprint density at radius 3 is 2.81 bits per heavy atom. The number of hydrogen-bond acceptors (Lipinski definition) is 3. The Kier molecular flexibility index (Phi) is 2.74. The predicted molar refractivity (Wildman–Crippen MR) is 51.0 cm³/mol. The molecule has 0 aromatic carbocycles. The van der Waals surface area contributed by atoms with Crippen molar-refractivity contribution in [1.82, 2.24) is 0 Å². The molecule has 1 atom stereocenters. The molecule has 1 radical (unpaired) electrons. The van der Waals surface area contributed by atoms with Gasteiger partial charge in [0.25, 0.3) is 0 Å². The maximum absolute atomic E-state index is 11.6. The van der Waals surface area contributed by atoms with Gasteiger partial charge in [0.05, 0.1) is 12.0 Å². The minimum atomic E-state index is -1.12. The SMILES string of the molecule is O=C1CC(C(=O)O)OC2=CC=C=CC=C12.[Lr]. The zero-order chi connectivity index (χ0) is 10.8. The summed E-state index contributed by atoms with van der Waals surface area (Å²) in [6.07, 6.45) is 5.11. The van der Waals surface area contributed by atoms with Gasteiger partial charge in [0.2, 0.25) is 6.10 Å². The van der Waals surface area contributed by atoms with Crippen molar-refractivity contribution in [3.8, 4) is 0 Å². The minimum absolute atomic E-state index is 0. The molecule has 1 fully saturated rings. The van der Waals surface area contributed by atoms with Crippen molar-refractivity contribution in [2.24, 2.45) is 0 Å². The van der Waals surface area contributed by atoms with Crippen LogP contribution >= 0.6 is 0 Å². The summed E-state index contributed by atoms with van der Waals surface area (Å²) in [6.45, 7) is 0. The average molecular weight is 466 g/mol. The Hall–Kier alpha value is -3.06. The second kappa shape index (κ2) is 3.98. The number of fused-ring (bicyclic) bond motifs is 1. The summed E-state index contributed by atoms with van der Waals surface area (Å²) in [7, 11) is 0. The quantitative estimate of drug-likeness (QED) is 0.586. The van der Waals surface area contributed by atoms with E-state index in [1.807, 2.05) is 0 Å². The standard InChI is InChI=1S/C11H8O4.Lr/c12-8-6-10(11(13)14)15-9-5-3-1-2-4-7(8)9;/h2-5,10H,6H2,(H,13,14);. The third-order valence-corrected chi connectivity index (χ3v) is 2.16. The zero-order valence-electron chi connectivity index (χ0n) is 8.02. The van der Waals surface area contributed by atoms with Gasteiger partial charge in [-0.25, -0.2) is 4.79 Å². The number of rotatable bonds is 1. The number of ether oxygens (including phenoxy) is 1. The van der Waals surface area contributed by atoms with Gasteiger partial charge in [0.15, 0.2) is 5.78 Å². The first kappa shape index (κ1) is 11.0. The number of carbonyl (C=O) groups excluding carboxylic acids is 1. The summed E-state index contributed by atoms with van der Waals surface area (Å²) < 4.78 is 5.18. The molecule has 0 spiro atoms. The number of hydrogen-bond donors (Lipinski definition) is 1. The van der Waals surface area contributed by atoms with Crippen molar-refractivity contribution in [3.63, 3.8) is 0 Å². The summed E-state index contributed by atoms with van der Waals surface area (Å²) in [5.74, 6) is -1.03. The Balaban J connectivity index is 0.00000128. The van der Waals surface area contributed by atoms with Crippen LogP contribution in [0.3, 0.4) is 0 Å². The normalized spacial score (nSPS) is 22.0. The third-order valence-electron chi connectivity index (χ3n) is 2.16. The molecule has 2 rings (SSSR count). The van der Waals surface area contributed by atoms with Crippen LogP contribution < -0.4 is 0 Å². The fourth-order valence-corrected chi connectivity index (χ4v) is 1.43. The number of ketones is 1. The van der Waals surface area contributed by atoms with E-state index in [0.29, 0.717) is 11.3 Å². The van der Waals surface area contributed by atoms with Gasteiger partial charge >= 0.3 is 5.97 Å². The van der Waals surface area contributed by atoms with Crippen LogP contribution in [-0.2, 0) is 14.3 Å². The largest absolute Gasteiger partial charge is 0.478 e. The molecular formula is C11H8LrO4. The van der Waals surface area contributed by atoms with Crippen LogP contribution in [0.4, 0.5) is 0 Å². The maximum Gasteiger partial charge on any atom is 0.345 e. The molecule has 5 heteroatoms. The van der Waals surface area contributed by atoms with Crippen LogP contribution in [0.1, 0.15) is 6.42 Å². The van der Waals surface area contributed by atoms with E-state index in [1.165, 1.54) is 0 Å². The first-order valence-corrected chi connectivity index (χ1v) is 4.44. The number of allylic oxidation sites excluding steroid dienone is 4. The number of carbonyl (C=O) groups is 2.